The van der Waals surface area contributed by atoms with Gasteiger partial charge in [-0.25, -0.2) is 4.79 Å². The van der Waals surface area contributed by atoms with Crippen molar-refractivity contribution in [1.82, 2.24) is 0 Å². The highest BCUT2D eigenvalue weighted by Crippen LogP contribution is 2.60. The van der Waals surface area contributed by atoms with E-state index in [2.05, 4.69) is 26.8 Å². The molecule has 1 N–H and O–H groups in total. The van der Waals surface area contributed by atoms with Gasteiger partial charge in [-0.15, -0.1) is 0 Å². The summed E-state index contributed by atoms with van der Waals surface area (Å²) >= 11 is 0. The van der Waals surface area contributed by atoms with Crippen LogP contribution in [0.2, 0.25) is 0 Å². The molecule has 0 bridgehead atoms. The molecule has 0 aromatic rings. The van der Waals surface area contributed by atoms with Gasteiger partial charge in [-0.1, -0.05) is 37.5 Å². The van der Waals surface area contributed by atoms with Gasteiger partial charge in [-0.2, -0.15) is 0 Å². The number of carbonyl (C=O) groups excluding carboxylic acids is 1. The molecule has 4 heteroatoms. The molecule has 146 valence electrons. The zero-order valence-electron chi connectivity index (χ0n) is 16.9. The van der Waals surface area contributed by atoms with Gasteiger partial charge in [0.2, 0.25) is 0 Å². The molecule has 0 amide bonds. The summed E-state index contributed by atoms with van der Waals surface area (Å²) in [5.41, 5.74) is 2.55. The molecular formula is C22H34O4. The van der Waals surface area contributed by atoms with Crippen molar-refractivity contribution in [3.8, 4) is 0 Å². The Morgan fingerprint density at radius 3 is 2.62 bits per heavy atom. The summed E-state index contributed by atoms with van der Waals surface area (Å²) in [5.74, 6) is -0.128. The van der Waals surface area contributed by atoms with Crippen LogP contribution in [0.5, 0.6) is 0 Å². The number of hydrogen-bond acceptors (Lipinski definition) is 3. The number of hydrogen-bond donors (Lipinski definition) is 1. The second-order valence-electron chi connectivity index (χ2n) is 8.95. The van der Waals surface area contributed by atoms with Crippen LogP contribution in [0.1, 0.15) is 73.1 Å². The third kappa shape index (κ3) is 4.39. The lowest BCUT2D eigenvalue weighted by atomic mass is 9.48. The molecule has 0 aromatic heterocycles. The van der Waals surface area contributed by atoms with Crippen LogP contribution in [-0.4, -0.2) is 23.7 Å². The number of carbonyl (C=O) groups is 2. The first-order valence-electron chi connectivity index (χ1n) is 9.78. The Morgan fingerprint density at radius 1 is 1.31 bits per heavy atom. The number of rotatable bonds is 6. The lowest BCUT2D eigenvalue weighted by molar-refractivity contribution is -0.151. The minimum Gasteiger partial charge on any atom is -0.478 e. The quantitative estimate of drug-likeness (QED) is 0.404. The van der Waals surface area contributed by atoms with Crippen LogP contribution in [0.4, 0.5) is 0 Å². The van der Waals surface area contributed by atoms with Crippen LogP contribution in [0, 0.1) is 22.7 Å². The molecular weight excluding hydrogens is 328 g/mol. The first kappa shape index (κ1) is 20.7. The fourth-order valence-electron chi connectivity index (χ4n) is 5.61. The first-order chi connectivity index (χ1) is 12.1. The fraction of sp³-hybridized carbons (Fsp3) is 0.727. The minimum absolute atomic E-state index is 0.0140. The normalized spacial score (nSPS) is 34.7. The molecule has 0 aromatic carbocycles. The van der Waals surface area contributed by atoms with Crippen LogP contribution in [0.3, 0.4) is 0 Å². The van der Waals surface area contributed by atoms with Crippen molar-refractivity contribution >= 4 is 11.9 Å². The highest BCUT2D eigenvalue weighted by atomic mass is 16.5. The summed E-state index contributed by atoms with van der Waals surface area (Å²) in [5, 5.41) is 8.95. The Hall–Kier alpha value is -1.58. The van der Waals surface area contributed by atoms with E-state index in [4.69, 9.17) is 9.84 Å². The van der Waals surface area contributed by atoms with Gasteiger partial charge in [-0.05, 0) is 63.2 Å². The summed E-state index contributed by atoms with van der Waals surface area (Å²) in [4.78, 5) is 22.3. The number of allylic oxidation sites excluding steroid dienone is 3. The number of carboxylic acid groups (broad SMARTS) is 1. The second-order valence-corrected chi connectivity index (χ2v) is 8.95. The van der Waals surface area contributed by atoms with E-state index in [0.29, 0.717) is 18.4 Å². The first-order valence-corrected chi connectivity index (χ1v) is 9.78. The second kappa shape index (κ2) is 7.98. The van der Waals surface area contributed by atoms with Crippen molar-refractivity contribution < 1.29 is 19.4 Å². The van der Waals surface area contributed by atoms with Crippen LogP contribution in [0.15, 0.2) is 23.3 Å². The number of esters is 1. The van der Waals surface area contributed by atoms with Gasteiger partial charge in [0.25, 0.3) is 0 Å². The van der Waals surface area contributed by atoms with Gasteiger partial charge in [0.05, 0.1) is 6.61 Å². The van der Waals surface area contributed by atoms with E-state index in [1.165, 1.54) is 25.0 Å². The highest BCUT2D eigenvalue weighted by molar-refractivity contribution is 5.80. The van der Waals surface area contributed by atoms with Crippen LogP contribution >= 0.6 is 0 Å². The lowest BCUT2D eigenvalue weighted by Crippen LogP contribution is -2.51. The Bertz CT molecular complexity index is 618. The molecule has 0 saturated heterocycles. The molecule has 2 aliphatic rings. The molecule has 0 unspecified atom stereocenters. The van der Waals surface area contributed by atoms with Crippen molar-refractivity contribution in [3.05, 3.63) is 23.3 Å². The molecule has 4 nitrogen and oxygen atoms in total. The largest absolute Gasteiger partial charge is 0.478 e. The Morgan fingerprint density at radius 2 is 2.00 bits per heavy atom. The molecule has 0 radical (unpaired) electrons. The number of aliphatic carboxylic acids is 1. The predicted octanol–water partition coefficient (Wildman–Crippen LogP) is 5.14. The van der Waals surface area contributed by atoms with E-state index in [0.717, 1.165) is 37.7 Å². The van der Waals surface area contributed by atoms with Gasteiger partial charge < -0.3 is 9.84 Å². The molecule has 4 atom stereocenters. The topological polar surface area (TPSA) is 63.6 Å². The number of carboxylic acids is 1. The van der Waals surface area contributed by atoms with Crippen molar-refractivity contribution in [3.63, 3.8) is 0 Å². The molecule has 0 aliphatic heterocycles. The van der Waals surface area contributed by atoms with Crippen molar-refractivity contribution in [1.29, 1.82) is 0 Å². The third-order valence-corrected chi connectivity index (χ3v) is 6.92. The number of fused-ring (bicyclic) bond motifs is 1. The van der Waals surface area contributed by atoms with Crippen molar-refractivity contribution in [2.45, 2.75) is 73.1 Å². The van der Waals surface area contributed by atoms with Crippen LogP contribution < -0.4 is 0 Å². The monoisotopic (exact) mass is 362 g/mol. The fourth-order valence-corrected chi connectivity index (χ4v) is 5.61. The van der Waals surface area contributed by atoms with E-state index in [-0.39, 0.29) is 16.8 Å². The van der Waals surface area contributed by atoms with E-state index in [9.17, 15) is 9.59 Å². The van der Waals surface area contributed by atoms with E-state index in [1.807, 2.05) is 6.92 Å². The SMILES string of the molecule is CC(=O)OC[C@]1(C)CCC[C@]2(C)[C@@H](CC/C(C)=C/C(=O)O)C(C)=CC[C@@H]12. The lowest BCUT2D eigenvalue weighted by Gasteiger charge is -2.57. The van der Waals surface area contributed by atoms with Gasteiger partial charge in [0.15, 0.2) is 0 Å². The molecule has 2 aliphatic carbocycles. The average Bonchev–Trinajstić information content (AvgIpc) is 2.51. The molecule has 1 saturated carbocycles. The maximum absolute atomic E-state index is 11.4. The zero-order valence-corrected chi connectivity index (χ0v) is 16.9. The summed E-state index contributed by atoms with van der Waals surface area (Å²) < 4.78 is 5.45. The summed E-state index contributed by atoms with van der Waals surface area (Å²) in [6.07, 6.45) is 9.96. The molecule has 1 fully saturated rings. The van der Waals surface area contributed by atoms with Crippen molar-refractivity contribution in [2.75, 3.05) is 6.61 Å². The summed E-state index contributed by atoms with van der Waals surface area (Å²) in [6.45, 7) is 10.8. The van der Waals surface area contributed by atoms with Gasteiger partial charge in [0, 0.05) is 18.4 Å². The van der Waals surface area contributed by atoms with Gasteiger partial charge in [-0.3, -0.25) is 4.79 Å². The maximum atomic E-state index is 11.4. The molecule has 2 rings (SSSR count). The predicted molar refractivity (Wildman–Crippen MR) is 103 cm³/mol. The zero-order chi connectivity index (χ0) is 19.5. The summed E-state index contributed by atoms with van der Waals surface area (Å²) in [6, 6.07) is 0. The Balaban J connectivity index is 2.22. The number of ether oxygens (including phenoxy) is 1. The Labute approximate surface area is 157 Å². The standard InChI is InChI=1S/C22H34O4/c1-15(13-20(24)25)7-9-18-16(2)8-10-19-21(4,14-26-17(3)23)11-6-12-22(18,19)5/h8,13,18-19H,6-7,9-12,14H2,1-5H3,(H,24,25)/b15-13+/t18-,19-,21-,22+/m0/s1. The van der Waals surface area contributed by atoms with Crippen LogP contribution in [0.25, 0.3) is 0 Å². The average molecular weight is 363 g/mol. The molecule has 0 heterocycles. The van der Waals surface area contributed by atoms with Gasteiger partial charge >= 0.3 is 11.9 Å². The van der Waals surface area contributed by atoms with Crippen molar-refractivity contribution in [2.24, 2.45) is 22.7 Å². The third-order valence-electron chi connectivity index (χ3n) is 6.92. The molecule has 26 heavy (non-hydrogen) atoms. The van der Waals surface area contributed by atoms with Gasteiger partial charge in [0.1, 0.15) is 0 Å². The smallest absolute Gasteiger partial charge is 0.328 e. The van der Waals surface area contributed by atoms with E-state index < -0.39 is 5.97 Å². The summed E-state index contributed by atoms with van der Waals surface area (Å²) in [7, 11) is 0. The Kier molecular flexibility index (Phi) is 6.36. The maximum Gasteiger partial charge on any atom is 0.328 e. The minimum atomic E-state index is -0.867. The highest BCUT2D eigenvalue weighted by Gasteiger charge is 2.53. The van der Waals surface area contributed by atoms with E-state index in [1.54, 1.807) is 0 Å². The van der Waals surface area contributed by atoms with E-state index >= 15 is 0 Å². The van der Waals surface area contributed by atoms with Crippen LogP contribution in [-0.2, 0) is 14.3 Å². The molecule has 0 spiro atoms.